The molecule has 0 amide bonds. The molecule has 0 radical (unpaired) electrons. The number of hydrogen-bond acceptors (Lipinski definition) is 4. The minimum atomic E-state index is 0. The summed E-state index contributed by atoms with van der Waals surface area (Å²) in [6.45, 7) is 10.4. The Morgan fingerprint density at radius 1 is 1.17 bits per heavy atom. The third-order valence-corrected chi connectivity index (χ3v) is 4.14. The van der Waals surface area contributed by atoms with E-state index in [2.05, 4.69) is 54.8 Å². The van der Waals surface area contributed by atoms with Crippen molar-refractivity contribution in [2.45, 2.75) is 40.3 Å². The third-order valence-electron chi connectivity index (χ3n) is 4.14. The molecule has 2 rings (SSSR count). The van der Waals surface area contributed by atoms with Crippen molar-refractivity contribution in [1.29, 1.82) is 0 Å². The van der Waals surface area contributed by atoms with E-state index in [1.807, 2.05) is 16.9 Å². The number of rotatable bonds is 11. The molecule has 0 fully saturated rings. The molecule has 2 N–H and O–H groups in total. The number of hydrogen-bond donors (Lipinski definition) is 2. The average molecular weight is 515 g/mol. The molecular formula is C21H34IN5O2. The summed E-state index contributed by atoms with van der Waals surface area (Å²) >= 11 is 0. The smallest absolute Gasteiger partial charge is 0.191 e. The van der Waals surface area contributed by atoms with Crippen molar-refractivity contribution in [1.82, 2.24) is 20.4 Å². The topological polar surface area (TPSA) is 72.7 Å². The molecule has 0 unspecified atom stereocenters. The van der Waals surface area contributed by atoms with Crippen molar-refractivity contribution < 1.29 is 9.47 Å². The fraction of sp³-hybridized carbons (Fsp3) is 0.524. The molecule has 7 nitrogen and oxygen atoms in total. The summed E-state index contributed by atoms with van der Waals surface area (Å²) < 4.78 is 12.9. The Morgan fingerprint density at radius 3 is 2.69 bits per heavy atom. The molecule has 29 heavy (non-hydrogen) atoms. The van der Waals surface area contributed by atoms with E-state index in [0.717, 1.165) is 43.3 Å². The molecule has 0 atom stereocenters. The van der Waals surface area contributed by atoms with Gasteiger partial charge >= 0.3 is 0 Å². The van der Waals surface area contributed by atoms with E-state index in [0.29, 0.717) is 19.8 Å². The number of guanidine groups is 1. The van der Waals surface area contributed by atoms with Crippen LogP contribution in [0, 0.1) is 13.8 Å². The van der Waals surface area contributed by atoms with Gasteiger partial charge in [-0.15, -0.1) is 24.0 Å². The van der Waals surface area contributed by atoms with E-state index >= 15 is 0 Å². The van der Waals surface area contributed by atoms with Crippen molar-refractivity contribution in [2.24, 2.45) is 4.99 Å². The van der Waals surface area contributed by atoms with Crippen molar-refractivity contribution in [3.05, 3.63) is 47.3 Å². The molecule has 1 aromatic carbocycles. The molecule has 0 saturated heterocycles. The standard InChI is InChI=1S/C21H33N5O2.HI/c1-5-22-21(23-9-6-10-26-16-18(3)14-25-26)24-15-19-8-7-17(2)13-20(19)28-12-11-27-4;/h7-8,13-14,16H,5-6,9-12,15H2,1-4H3,(H2,22,23,24);1H. The summed E-state index contributed by atoms with van der Waals surface area (Å²) in [5.74, 6) is 1.67. The number of nitrogens with zero attached hydrogens (tertiary/aromatic N) is 3. The van der Waals surface area contributed by atoms with Crippen molar-refractivity contribution in [3.8, 4) is 5.75 Å². The molecule has 8 heteroatoms. The highest BCUT2D eigenvalue weighted by Crippen LogP contribution is 2.21. The van der Waals surface area contributed by atoms with E-state index in [1.54, 1.807) is 7.11 Å². The first kappa shape index (κ1) is 25.2. The molecule has 2 aromatic rings. The highest BCUT2D eigenvalue weighted by atomic mass is 127. The summed E-state index contributed by atoms with van der Waals surface area (Å²) in [5.41, 5.74) is 3.41. The lowest BCUT2D eigenvalue weighted by Crippen LogP contribution is -2.38. The predicted molar refractivity (Wildman–Crippen MR) is 128 cm³/mol. The van der Waals surface area contributed by atoms with E-state index in [-0.39, 0.29) is 24.0 Å². The van der Waals surface area contributed by atoms with Gasteiger partial charge in [-0.25, -0.2) is 4.99 Å². The molecule has 1 heterocycles. The molecule has 1 aromatic heterocycles. The Morgan fingerprint density at radius 2 is 2.00 bits per heavy atom. The first-order valence-corrected chi connectivity index (χ1v) is 9.85. The maximum absolute atomic E-state index is 5.86. The number of nitrogens with one attached hydrogen (secondary N) is 2. The predicted octanol–water partition coefficient (Wildman–Crippen LogP) is 3.29. The van der Waals surface area contributed by atoms with Crippen LogP contribution in [0.5, 0.6) is 5.75 Å². The zero-order chi connectivity index (χ0) is 20.2. The van der Waals surface area contributed by atoms with Gasteiger partial charge in [-0.1, -0.05) is 12.1 Å². The molecule has 0 aliphatic rings. The molecule has 0 aliphatic carbocycles. The maximum atomic E-state index is 5.86. The first-order valence-electron chi connectivity index (χ1n) is 9.85. The average Bonchev–Trinajstić information content (AvgIpc) is 3.09. The van der Waals surface area contributed by atoms with Crippen LogP contribution in [0.4, 0.5) is 0 Å². The Labute approximate surface area is 191 Å². The van der Waals surface area contributed by atoms with Crippen LogP contribution < -0.4 is 15.4 Å². The van der Waals surface area contributed by atoms with Crippen molar-refractivity contribution >= 4 is 29.9 Å². The Balaban J connectivity index is 0.00000420. The lowest BCUT2D eigenvalue weighted by Gasteiger charge is -2.13. The number of aryl methyl sites for hydroxylation is 3. The SMILES string of the molecule is CCNC(=NCc1ccc(C)cc1OCCOC)NCCCn1cc(C)cn1.I. The van der Waals surface area contributed by atoms with Crippen molar-refractivity contribution in [3.63, 3.8) is 0 Å². The minimum Gasteiger partial charge on any atom is -0.491 e. The van der Waals surface area contributed by atoms with Gasteiger partial charge in [0.15, 0.2) is 5.96 Å². The van der Waals surface area contributed by atoms with Crippen LogP contribution in [0.15, 0.2) is 35.6 Å². The van der Waals surface area contributed by atoms with E-state index in [1.165, 1.54) is 11.1 Å². The minimum absolute atomic E-state index is 0. The van der Waals surface area contributed by atoms with Gasteiger partial charge in [-0.3, -0.25) is 4.68 Å². The Hall–Kier alpha value is -1.81. The number of benzene rings is 1. The van der Waals surface area contributed by atoms with Crippen molar-refractivity contribution in [2.75, 3.05) is 33.4 Å². The highest BCUT2D eigenvalue weighted by Gasteiger charge is 2.05. The lowest BCUT2D eigenvalue weighted by atomic mass is 10.1. The molecular weight excluding hydrogens is 481 g/mol. The largest absolute Gasteiger partial charge is 0.491 e. The Bertz CT molecular complexity index is 748. The lowest BCUT2D eigenvalue weighted by molar-refractivity contribution is 0.145. The van der Waals surface area contributed by atoms with Crippen LogP contribution in [-0.2, 0) is 17.8 Å². The molecule has 0 bridgehead atoms. The fourth-order valence-electron chi connectivity index (χ4n) is 2.70. The van der Waals surface area contributed by atoms with Gasteiger partial charge in [-0.05, 0) is 44.4 Å². The van der Waals surface area contributed by atoms with Crippen LogP contribution in [0.3, 0.4) is 0 Å². The quantitative estimate of drug-likeness (QED) is 0.208. The normalized spacial score (nSPS) is 11.1. The van der Waals surface area contributed by atoms with Gasteiger partial charge in [-0.2, -0.15) is 5.10 Å². The summed E-state index contributed by atoms with van der Waals surface area (Å²) in [5, 5.41) is 11.0. The van der Waals surface area contributed by atoms with E-state index < -0.39 is 0 Å². The van der Waals surface area contributed by atoms with Gasteiger partial charge in [0.25, 0.3) is 0 Å². The molecule has 0 saturated carbocycles. The second kappa shape index (κ2) is 14.2. The summed E-state index contributed by atoms with van der Waals surface area (Å²) in [7, 11) is 1.67. The number of aliphatic imine (C=N–C) groups is 1. The van der Waals surface area contributed by atoms with Crippen LogP contribution in [0.1, 0.15) is 30.0 Å². The summed E-state index contributed by atoms with van der Waals surface area (Å²) in [6.07, 6.45) is 4.91. The molecule has 0 spiro atoms. The highest BCUT2D eigenvalue weighted by molar-refractivity contribution is 14.0. The molecule has 0 aliphatic heterocycles. The number of aromatic nitrogens is 2. The number of ether oxygens (including phenoxy) is 2. The van der Waals surface area contributed by atoms with Gasteiger partial charge in [0.2, 0.25) is 0 Å². The second-order valence-electron chi connectivity index (χ2n) is 6.71. The van der Waals surface area contributed by atoms with Gasteiger partial charge in [0.05, 0.1) is 19.3 Å². The summed E-state index contributed by atoms with van der Waals surface area (Å²) in [4.78, 5) is 4.71. The zero-order valence-corrected chi connectivity index (χ0v) is 20.2. The van der Waals surface area contributed by atoms with Crippen LogP contribution in [-0.4, -0.2) is 49.2 Å². The maximum Gasteiger partial charge on any atom is 0.191 e. The first-order chi connectivity index (χ1) is 13.6. The third kappa shape index (κ3) is 9.49. The molecule has 162 valence electrons. The number of methoxy groups -OCH3 is 1. The summed E-state index contributed by atoms with van der Waals surface area (Å²) in [6, 6.07) is 6.21. The van der Waals surface area contributed by atoms with E-state index in [9.17, 15) is 0 Å². The van der Waals surface area contributed by atoms with Crippen LogP contribution in [0.25, 0.3) is 0 Å². The zero-order valence-electron chi connectivity index (χ0n) is 17.9. The monoisotopic (exact) mass is 515 g/mol. The Kier molecular flexibility index (Phi) is 12.4. The fourth-order valence-corrected chi connectivity index (χ4v) is 2.70. The second-order valence-corrected chi connectivity index (χ2v) is 6.71. The van der Waals surface area contributed by atoms with Crippen LogP contribution >= 0.6 is 24.0 Å². The van der Waals surface area contributed by atoms with Crippen LogP contribution in [0.2, 0.25) is 0 Å². The van der Waals surface area contributed by atoms with Gasteiger partial charge < -0.3 is 20.1 Å². The van der Waals surface area contributed by atoms with E-state index in [4.69, 9.17) is 14.5 Å². The number of halogens is 1. The van der Waals surface area contributed by atoms with Gasteiger partial charge in [0.1, 0.15) is 12.4 Å². The van der Waals surface area contributed by atoms with Gasteiger partial charge in [0, 0.05) is 38.5 Å².